The summed E-state index contributed by atoms with van der Waals surface area (Å²) in [6.45, 7) is 1.70. The number of aryl methyl sites for hydroxylation is 1. The highest BCUT2D eigenvalue weighted by molar-refractivity contribution is 7.92. The Labute approximate surface area is 139 Å². The van der Waals surface area contributed by atoms with E-state index in [9.17, 15) is 8.42 Å². The molecule has 126 valence electrons. The number of hydrogen-bond acceptors (Lipinski definition) is 5. The van der Waals surface area contributed by atoms with E-state index in [0.717, 1.165) is 10.9 Å². The molecule has 3 aromatic rings. The third-order valence-electron chi connectivity index (χ3n) is 3.66. The molecule has 1 aromatic heterocycles. The van der Waals surface area contributed by atoms with Crippen molar-refractivity contribution in [2.24, 2.45) is 0 Å². The van der Waals surface area contributed by atoms with Crippen molar-refractivity contribution in [2.45, 2.75) is 11.8 Å². The van der Waals surface area contributed by atoms with Crippen LogP contribution in [0.25, 0.3) is 10.9 Å². The standard InChI is InChI=1S/C16H17N3O4S/c1-10-6-14(22-2)15(23-3)8-16(10)24(20,21)19-12-5-4-11-9-17-18-13(11)7-12/h4-9,19H,1-3H3,(H,17,18). The molecule has 3 rings (SSSR count). The maximum absolute atomic E-state index is 12.7. The van der Waals surface area contributed by atoms with Gasteiger partial charge < -0.3 is 9.47 Å². The van der Waals surface area contributed by atoms with Crippen LogP contribution in [0.15, 0.2) is 41.4 Å². The molecule has 8 heteroatoms. The Morgan fingerprint density at radius 2 is 1.79 bits per heavy atom. The molecule has 0 saturated carbocycles. The van der Waals surface area contributed by atoms with E-state index in [4.69, 9.17) is 9.47 Å². The van der Waals surface area contributed by atoms with Crippen molar-refractivity contribution in [3.63, 3.8) is 0 Å². The summed E-state index contributed by atoms with van der Waals surface area (Å²) in [5.74, 6) is 0.834. The molecule has 0 atom stereocenters. The highest BCUT2D eigenvalue weighted by atomic mass is 32.2. The second kappa shape index (κ2) is 6.04. The van der Waals surface area contributed by atoms with E-state index in [0.29, 0.717) is 22.7 Å². The number of aromatic amines is 1. The van der Waals surface area contributed by atoms with Crippen molar-refractivity contribution in [3.8, 4) is 11.5 Å². The fraction of sp³-hybridized carbons (Fsp3) is 0.188. The molecule has 0 fully saturated rings. The van der Waals surface area contributed by atoms with Gasteiger partial charge in [0.05, 0.1) is 36.5 Å². The smallest absolute Gasteiger partial charge is 0.262 e. The van der Waals surface area contributed by atoms with Gasteiger partial charge in [0.1, 0.15) is 0 Å². The number of anilines is 1. The molecule has 0 amide bonds. The number of methoxy groups -OCH3 is 2. The van der Waals surface area contributed by atoms with E-state index in [-0.39, 0.29) is 4.90 Å². The first-order chi connectivity index (χ1) is 11.4. The molecular formula is C16H17N3O4S. The zero-order valence-electron chi connectivity index (χ0n) is 13.5. The normalized spacial score (nSPS) is 11.5. The first-order valence-electron chi connectivity index (χ1n) is 7.13. The van der Waals surface area contributed by atoms with Gasteiger partial charge in [-0.2, -0.15) is 5.10 Å². The number of ether oxygens (including phenoxy) is 2. The molecule has 0 aliphatic heterocycles. The van der Waals surface area contributed by atoms with E-state index >= 15 is 0 Å². The minimum absolute atomic E-state index is 0.129. The lowest BCUT2D eigenvalue weighted by atomic mass is 10.2. The quantitative estimate of drug-likeness (QED) is 0.740. The third-order valence-corrected chi connectivity index (χ3v) is 5.19. The van der Waals surface area contributed by atoms with Crippen molar-refractivity contribution in [1.29, 1.82) is 0 Å². The molecule has 2 N–H and O–H groups in total. The van der Waals surface area contributed by atoms with Gasteiger partial charge >= 0.3 is 0 Å². The Hall–Kier alpha value is -2.74. The molecule has 7 nitrogen and oxygen atoms in total. The summed E-state index contributed by atoms with van der Waals surface area (Å²) in [6.07, 6.45) is 1.67. The zero-order valence-corrected chi connectivity index (χ0v) is 14.3. The van der Waals surface area contributed by atoms with Crippen LogP contribution in [0, 0.1) is 6.92 Å². The Kier molecular flexibility index (Phi) is 4.06. The van der Waals surface area contributed by atoms with Crippen LogP contribution in [0.1, 0.15) is 5.56 Å². The van der Waals surface area contributed by atoms with Crippen molar-refractivity contribution in [1.82, 2.24) is 10.2 Å². The summed E-state index contributed by atoms with van der Waals surface area (Å²) in [4.78, 5) is 0.129. The monoisotopic (exact) mass is 347 g/mol. The van der Waals surface area contributed by atoms with E-state index in [1.54, 1.807) is 37.4 Å². The van der Waals surface area contributed by atoms with E-state index < -0.39 is 10.0 Å². The minimum Gasteiger partial charge on any atom is -0.493 e. The molecule has 2 aromatic carbocycles. The second-order valence-corrected chi connectivity index (χ2v) is 6.90. The Balaban J connectivity index is 2.00. The fourth-order valence-electron chi connectivity index (χ4n) is 2.46. The second-order valence-electron chi connectivity index (χ2n) is 5.25. The number of aromatic nitrogens is 2. The zero-order chi connectivity index (χ0) is 17.3. The highest BCUT2D eigenvalue weighted by Crippen LogP contribution is 2.33. The van der Waals surface area contributed by atoms with E-state index in [2.05, 4.69) is 14.9 Å². The van der Waals surface area contributed by atoms with Gasteiger partial charge in [-0.05, 0) is 36.8 Å². The summed E-state index contributed by atoms with van der Waals surface area (Å²) in [5, 5.41) is 7.63. The van der Waals surface area contributed by atoms with Crippen LogP contribution >= 0.6 is 0 Å². The SMILES string of the molecule is COc1cc(C)c(S(=O)(=O)Nc2ccc3cn[nH]c3c2)cc1OC. The van der Waals surface area contributed by atoms with Gasteiger partial charge in [-0.3, -0.25) is 9.82 Å². The first kappa shape index (κ1) is 16.1. The fourth-order valence-corrected chi connectivity index (χ4v) is 3.75. The van der Waals surface area contributed by atoms with Gasteiger partial charge in [0.15, 0.2) is 11.5 Å². The molecule has 0 aliphatic rings. The van der Waals surface area contributed by atoms with E-state index in [1.165, 1.54) is 20.3 Å². The molecule has 0 aliphatic carbocycles. The van der Waals surface area contributed by atoms with Crippen LogP contribution < -0.4 is 14.2 Å². The van der Waals surface area contributed by atoms with E-state index in [1.807, 2.05) is 0 Å². The van der Waals surface area contributed by atoms with Crippen LogP contribution in [0.4, 0.5) is 5.69 Å². The van der Waals surface area contributed by atoms with Crippen LogP contribution in [0.5, 0.6) is 11.5 Å². The van der Waals surface area contributed by atoms with Crippen molar-refractivity contribution >= 4 is 26.6 Å². The van der Waals surface area contributed by atoms with Crippen molar-refractivity contribution < 1.29 is 17.9 Å². The van der Waals surface area contributed by atoms with Gasteiger partial charge in [0.25, 0.3) is 10.0 Å². The van der Waals surface area contributed by atoms with Crippen LogP contribution in [0.3, 0.4) is 0 Å². The molecule has 0 spiro atoms. The maximum atomic E-state index is 12.7. The number of rotatable bonds is 5. The highest BCUT2D eigenvalue weighted by Gasteiger charge is 2.20. The Morgan fingerprint density at radius 1 is 1.08 bits per heavy atom. The summed E-state index contributed by atoms with van der Waals surface area (Å²) in [7, 11) is -0.808. The molecule has 0 unspecified atom stereocenters. The number of H-pyrrole nitrogens is 1. The number of sulfonamides is 1. The molecule has 0 saturated heterocycles. The average molecular weight is 347 g/mol. The van der Waals surface area contributed by atoms with Crippen LogP contribution in [0.2, 0.25) is 0 Å². The minimum atomic E-state index is -3.77. The number of nitrogens with zero attached hydrogens (tertiary/aromatic N) is 1. The number of benzene rings is 2. The topological polar surface area (TPSA) is 93.3 Å². The Bertz CT molecular complexity index is 996. The lowest BCUT2D eigenvalue weighted by Gasteiger charge is -2.14. The van der Waals surface area contributed by atoms with Gasteiger partial charge in [-0.25, -0.2) is 8.42 Å². The molecule has 0 radical (unpaired) electrons. The molecular weight excluding hydrogens is 330 g/mol. The first-order valence-corrected chi connectivity index (χ1v) is 8.61. The maximum Gasteiger partial charge on any atom is 0.262 e. The van der Waals surface area contributed by atoms with Crippen LogP contribution in [-0.4, -0.2) is 32.8 Å². The molecule has 1 heterocycles. The predicted molar refractivity (Wildman–Crippen MR) is 91.2 cm³/mol. The average Bonchev–Trinajstić information content (AvgIpc) is 3.01. The molecule has 0 bridgehead atoms. The molecule has 24 heavy (non-hydrogen) atoms. The Morgan fingerprint density at radius 3 is 2.50 bits per heavy atom. The summed E-state index contributed by atoms with van der Waals surface area (Å²) in [6, 6.07) is 8.25. The number of fused-ring (bicyclic) bond motifs is 1. The number of nitrogens with one attached hydrogen (secondary N) is 2. The summed E-state index contributed by atoms with van der Waals surface area (Å²) in [5.41, 5.74) is 1.75. The summed E-state index contributed by atoms with van der Waals surface area (Å²) < 4.78 is 38.4. The largest absolute Gasteiger partial charge is 0.493 e. The van der Waals surface area contributed by atoms with Gasteiger partial charge in [-0.1, -0.05) is 0 Å². The number of hydrogen-bond donors (Lipinski definition) is 2. The predicted octanol–water partition coefficient (Wildman–Crippen LogP) is 2.69. The lowest BCUT2D eigenvalue weighted by molar-refractivity contribution is 0.353. The van der Waals surface area contributed by atoms with Crippen molar-refractivity contribution in [3.05, 3.63) is 42.1 Å². The van der Waals surface area contributed by atoms with Gasteiger partial charge in [0, 0.05) is 11.5 Å². The third kappa shape index (κ3) is 2.88. The van der Waals surface area contributed by atoms with Crippen molar-refractivity contribution in [2.75, 3.05) is 18.9 Å². The van der Waals surface area contributed by atoms with Gasteiger partial charge in [-0.15, -0.1) is 0 Å². The van der Waals surface area contributed by atoms with Gasteiger partial charge in [0.2, 0.25) is 0 Å². The lowest BCUT2D eigenvalue weighted by Crippen LogP contribution is -2.14. The van der Waals surface area contributed by atoms with Crippen LogP contribution in [-0.2, 0) is 10.0 Å². The summed E-state index contributed by atoms with van der Waals surface area (Å²) >= 11 is 0.